The fraction of sp³-hybridized carbons (Fsp3) is 0.375. The average Bonchev–Trinajstić information content (AvgIpc) is 3.11. The van der Waals surface area contributed by atoms with Crippen LogP contribution < -0.4 is 5.73 Å². The quantitative estimate of drug-likeness (QED) is 0.676. The van der Waals surface area contributed by atoms with E-state index < -0.39 is 0 Å². The van der Waals surface area contributed by atoms with Gasteiger partial charge in [-0.2, -0.15) is 5.10 Å². The number of aromatic nitrogens is 2. The van der Waals surface area contributed by atoms with Gasteiger partial charge in [0.25, 0.3) is 0 Å². The third-order valence-corrected chi connectivity index (χ3v) is 4.69. The standard InChI is InChI=1S/C16H18BrN3O/c17-15-6-5-11(18)9-14(15)16(21)10-12-7-8-20(19-12)13-3-1-2-4-13/h5-9,13H,1-4,10,18H2. The predicted molar refractivity (Wildman–Crippen MR) is 86.3 cm³/mol. The highest BCUT2D eigenvalue weighted by Gasteiger charge is 2.18. The lowest BCUT2D eigenvalue weighted by molar-refractivity contribution is 0.0991. The van der Waals surface area contributed by atoms with Gasteiger partial charge >= 0.3 is 0 Å². The van der Waals surface area contributed by atoms with Crippen molar-refractivity contribution in [3.05, 3.63) is 46.2 Å². The Kier molecular flexibility index (Phi) is 4.10. The molecule has 1 aliphatic rings. The molecule has 1 heterocycles. The molecule has 5 heteroatoms. The topological polar surface area (TPSA) is 60.9 Å². The van der Waals surface area contributed by atoms with E-state index in [1.807, 2.05) is 16.9 Å². The largest absolute Gasteiger partial charge is 0.399 e. The molecular weight excluding hydrogens is 330 g/mol. The van der Waals surface area contributed by atoms with Crippen molar-refractivity contribution in [2.45, 2.75) is 38.1 Å². The second kappa shape index (κ2) is 6.02. The Balaban J connectivity index is 1.74. The van der Waals surface area contributed by atoms with Gasteiger partial charge in [-0.05, 0) is 37.1 Å². The normalized spacial score (nSPS) is 15.5. The number of carbonyl (C=O) groups excluding carboxylic acids is 1. The molecule has 0 saturated heterocycles. The van der Waals surface area contributed by atoms with Crippen molar-refractivity contribution in [3.63, 3.8) is 0 Å². The molecular formula is C16H18BrN3O. The van der Waals surface area contributed by atoms with E-state index in [2.05, 4.69) is 21.0 Å². The SMILES string of the molecule is Nc1ccc(Br)c(C(=O)Cc2ccn(C3CCCC3)n2)c1. The highest BCUT2D eigenvalue weighted by atomic mass is 79.9. The lowest BCUT2D eigenvalue weighted by Crippen LogP contribution is -2.09. The van der Waals surface area contributed by atoms with Gasteiger partial charge < -0.3 is 5.73 Å². The maximum atomic E-state index is 12.4. The van der Waals surface area contributed by atoms with E-state index >= 15 is 0 Å². The minimum absolute atomic E-state index is 0.0332. The molecule has 1 aromatic heterocycles. The Morgan fingerprint density at radius 3 is 2.86 bits per heavy atom. The van der Waals surface area contributed by atoms with Crippen LogP contribution in [0.25, 0.3) is 0 Å². The van der Waals surface area contributed by atoms with Crippen LogP contribution in [-0.2, 0) is 6.42 Å². The van der Waals surface area contributed by atoms with Crippen LogP contribution in [0, 0.1) is 0 Å². The van der Waals surface area contributed by atoms with E-state index in [-0.39, 0.29) is 5.78 Å². The molecule has 0 radical (unpaired) electrons. The fourth-order valence-corrected chi connectivity index (χ4v) is 3.33. The zero-order chi connectivity index (χ0) is 14.8. The molecule has 1 saturated carbocycles. The number of benzene rings is 1. The summed E-state index contributed by atoms with van der Waals surface area (Å²) in [5.74, 6) is 0.0332. The monoisotopic (exact) mass is 347 g/mol. The maximum Gasteiger partial charge on any atom is 0.170 e. The minimum atomic E-state index is 0.0332. The number of anilines is 1. The number of rotatable bonds is 4. The average molecular weight is 348 g/mol. The molecule has 0 amide bonds. The lowest BCUT2D eigenvalue weighted by Gasteiger charge is -2.08. The molecule has 1 aliphatic carbocycles. The molecule has 3 rings (SSSR count). The van der Waals surface area contributed by atoms with Crippen LogP contribution in [0.15, 0.2) is 34.9 Å². The number of hydrogen-bond donors (Lipinski definition) is 1. The van der Waals surface area contributed by atoms with Gasteiger partial charge in [0.2, 0.25) is 0 Å². The lowest BCUT2D eigenvalue weighted by atomic mass is 10.1. The number of hydrogen-bond acceptors (Lipinski definition) is 3. The van der Waals surface area contributed by atoms with Crippen molar-refractivity contribution in [3.8, 4) is 0 Å². The van der Waals surface area contributed by atoms with E-state index in [4.69, 9.17) is 5.73 Å². The summed E-state index contributed by atoms with van der Waals surface area (Å²) in [6, 6.07) is 7.74. The first-order valence-corrected chi connectivity index (χ1v) is 8.05. The molecule has 2 N–H and O–H groups in total. The third kappa shape index (κ3) is 3.18. The van der Waals surface area contributed by atoms with Crippen molar-refractivity contribution in [1.29, 1.82) is 0 Å². The van der Waals surface area contributed by atoms with Gasteiger partial charge in [-0.3, -0.25) is 9.48 Å². The van der Waals surface area contributed by atoms with E-state index in [0.29, 0.717) is 23.7 Å². The molecule has 2 aromatic rings. The Hall–Kier alpha value is -1.62. The van der Waals surface area contributed by atoms with Crippen molar-refractivity contribution in [1.82, 2.24) is 9.78 Å². The molecule has 4 nitrogen and oxygen atoms in total. The number of Topliss-reactive ketones (excluding diaryl/α,β-unsaturated/α-hetero) is 1. The van der Waals surface area contributed by atoms with Crippen LogP contribution in [0.4, 0.5) is 5.69 Å². The van der Waals surface area contributed by atoms with Gasteiger partial charge in [-0.1, -0.05) is 28.8 Å². The molecule has 0 aliphatic heterocycles. The first-order chi connectivity index (χ1) is 10.1. The van der Waals surface area contributed by atoms with E-state index in [0.717, 1.165) is 10.2 Å². The zero-order valence-electron chi connectivity index (χ0n) is 11.8. The molecule has 1 fully saturated rings. The second-order valence-electron chi connectivity index (χ2n) is 5.56. The number of halogens is 1. The van der Waals surface area contributed by atoms with Crippen LogP contribution in [-0.4, -0.2) is 15.6 Å². The first-order valence-electron chi connectivity index (χ1n) is 7.26. The molecule has 1 aromatic carbocycles. The number of carbonyl (C=O) groups is 1. The predicted octanol–water partition coefficient (Wildman–Crippen LogP) is 3.77. The molecule has 0 spiro atoms. The molecule has 21 heavy (non-hydrogen) atoms. The summed E-state index contributed by atoms with van der Waals surface area (Å²) in [7, 11) is 0. The van der Waals surface area contributed by atoms with Crippen molar-refractivity contribution in [2.75, 3.05) is 5.73 Å². The summed E-state index contributed by atoms with van der Waals surface area (Å²) in [6.07, 6.45) is 7.23. The van der Waals surface area contributed by atoms with Crippen LogP contribution in [0.1, 0.15) is 47.8 Å². The summed E-state index contributed by atoms with van der Waals surface area (Å²) in [5.41, 5.74) is 7.78. The molecule has 110 valence electrons. The summed E-state index contributed by atoms with van der Waals surface area (Å²) in [6.45, 7) is 0. The zero-order valence-corrected chi connectivity index (χ0v) is 13.3. The number of nitrogens with zero attached hydrogens (tertiary/aromatic N) is 2. The van der Waals surface area contributed by atoms with E-state index in [1.54, 1.807) is 18.2 Å². The van der Waals surface area contributed by atoms with Gasteiger partial charge in [-0.15, -0.1) is 0 Å². The van der Waals surface area contributed by atoms with Crippen molar-refractivity contribution >= 4 is 27.4 Å². The Bertz CT molecular complexity index is 659. The maximum absolute atomic E-state index is 12.4. The molecule has 0 atom stereocenters. The third-order valence-electron chi connectivity index (χ3n) is 3.99. The first kappa shape index (κ1) is 14.3. The fourth-order valence-electron chi connectivity index (χ4n) is 2.86. The van der Waals surface area contributed by atoms with Crippen molar-refractivity contribution < 1.29 is 4.79 Å². The minimum Gasteiger partial charge on any atom is -0.399 e. The highest BCUT2D eigenvalue weighted by molar-refractivity contribution is 9.10. The van der Waals surface area contributed by atoms with Gasteiger partial charge in [0.15, 0.2) is 5.78 Å². The summed E-state index contributed by atoms with van der Waals surface area (Å²) >= 11 is 3.40. The van der Waals surface area contributed by atoms with Crippen molar-refractivity contribution in [2.24, 2.45) is 0 Å². The van der Waals surface area contributed by atoms with Crippen LogP contribution >= 0.6 is 15.9 Å². The van der Waals surface area contributed by atoms with Crippen LogP contribution in [0.5, 0.6) is 0 Å². The van der Waals surface area contributed by atoms with Gasteiger partial charge in [-0.25, -0.2) is 0 Å². The number of nitrogens with two attached hydrogens (primary N) is 1. The highest BCUT2D eigenvalue weighted by Crippen LogP contribution is 2.29. The summed E-state index contributed by atoms with van der Waals surface area (Å²) in [4.78, 5) is 12.4. The Labute approximate surface area is 132 Å². The summed E-state index contributed by atoms with van der Waals surface area (Å²) < 4.78 is 2.79. The smallest absolute Gasteiger partial charge is 0.170 e. The molecule has 0 unspecified atom stereocenters. The van der Waals surface area contributed by atoms with E-state index in [1.165, 1.54) is 25.7 Å². The van der Waals surface area contributed by atoms with Gasteiger partial charge in [0, 0.05) is 21.9 Å². The van der Waals surface area contributed by atoms with E-state index in [9.17, 15) is 4.79 Å². The van der Waals surface area contributed by atoms with Gasteiger partial charge in [0.1, 0.15) is 0 Å². The second-order valence-corrected chi connectivity index (χ2v) is 6.42. The molecule has 0 bridgehead atoms. The van der Waals surface area contributed by atoms with Gasteiger partial charge in [0.05, 0.1) is 18.2 Å². The Morgan fingerprint density at radius 1 is 1.33 bits per heavy atom. The van der Waals surface area contributed by atoms with Crippen LogP contribution in [0.3, 0.4) is 0 Å². The van der Waals surface area contributed by atoms with Crippen LogP contribution in [0.2, 0.25) is 0 Å². The number of nitrogen functional groups attached to an aromatic ring is 1. The Morgan fingerprint density at radius 2 is 2.10 bits per heavy atom. The summed E-state index contributed by atoms with van der Waals surface area (Å²) in [5, 5.41) is 4.56. The number of ketones is 1.